The van der Waals surface area contributed by atoms with Crippen molar-refractivity contribution in [3.63, 3.8) is 0 Å². The van der Waals surface area contributed by atoms with Crippen LogP contribution < -0.4 is 0 Å². The van der Waals surface area contributed by atoms with E-state index in [4.69, 9.17) is 9.84 Å². The van der Waals surface area contributed by atoms with Crippen LogP contribution in [0.1, 0.15) is 27.4 Å². The lowest BCUT2D eigenvalue weighted by atomic mass is 10.0. The van der Waals surface area contributed by atoms with Crippen molar-refractivity contribution < 1.29 is 23.1 Å². The monoisotopic (exact) mass is 333 g/mol. The second-order valence-corrected chi connectivity index (χ2v) is 8.47. The minimum atomic E-state index is -3.66. The van der Waals surface area contributed by atoms with E-state index in [0.717, 1.165) is 30.8 Å². The fourth-order valence-electron chi connectivity index (χ4n) is 2.41. The van der Waals surface area contributed by atoms with E-state index in [1.807, 2.05) is 0 Å². The van der Waals surface area contributed by atoms with Gasteiger partial charge in [0.15, 0.2) is 0 Å². The molecule has 8 heteroatoms. The molecule has 0 spiro atoms. The topological polar surface area (TPSA) is 83.9 Å². The van der Waals surface area contributed by atoms with Gasteiger partial charge in [0.05, 0.1) is 11.5 Å². The molecule has 0 bridgehead atoms. The average molecular weight is 333 g/mol. The lowest BCUT2D eigenvalue weighted by Gasteiger charge is -2.26. The molecule has 118 valence electrons. The molecular formula is C13H19NO5S2. The van der Waals surface area contributed by atoms with Crippen LogP contribution in [0.3, 0.4) is 0 Å². The molecule has 1 aliphatic rings. The van der Waals surface area contributed by atoms with Crippen LogP contribution in [0, 0.1) is 12.8 Å². The first-order chi connectivity index (χ1) is 9.82. The van der Waals surface area contributed by atoms with Gasteiger partial charge in [-0.2, -0.15) is 0 Å². The highest BCUT2D eigenvalue weighted by molar-refractivity contribution is 7.89. The van der Waals surface area contributed by atoms with Crippen molar-refractivity contribution in [2.45, 2.75) is 24.7 Å². The number of sulfonamides is 1. The number of hydrogen-bond acceptors (Lipinski definition) is 5. The van der Waals surface area contributed by atoms with Crippen molar-refractivity contribution in [2.75, 3.05) is 26.8 Å². The molecule has 0 saturated carbocycles. The van der Waals surface area contributed by atoms with Crippen LogP contribution in [0.15, 0.2) is 11.0 Å². The number of nitrogens with zero attached hydrogens (tertiary/aromatic N) is 1. The number of rotatable bonds is 5. The summed E-state index contributed by atoms with van der Waals surface area (Å²) in [6.07, 6.45) is 1.89. The van der Waals surface area contributed by atoms with Gasteiger partial charge in [0.1, 0.15) is 4.88 Å². The standard InChI is InChI=1S/C13H19NO5S2/c1-9-12(6-11(20-9)13(15)16)21(17,18)14(2)7-10-4-3-5-19-8-10/h6,10H,3-5,7-8H2,1-2H3,(H,15,16). The molecule has 0 aliphatic carbocycles. The molecule has 0 amide bonds. The van der Waals surface area contributed by atoms with Gasteiger partial charge in [-0.25, -0.2) is 17.5 Å². The number of hydrogen-bond donors (Lipinski definition) is 1. The summed E-state index contributed by atoms with van der Waals surface area (Å²) in [5.41, 5.74) is 0. The van der Waals surface area contributed by atoms with Crippen molar-refractivity contribution in [3.8, 4) is 0 Å². The Bertz CT molecular complexity index is 617. The third-order valence-electron chi connectivity index (χ3n) is 3.54. The van der Waals surface area contributed by atoms with Gasteiger partial charge in [-0.05, 0) is 31.7 Å². The summed E-state index contributed by atoms with van der Waals surface area (Å²) in [4.78, 5) is 11.6. The molecule has 1 saturated heterocycles. The van der Waals surface area contributed by atoms with E-state index < -0.39 is 16.0 Å². The van der Waals surface area contributed by atoms with Gasteiger partial charge >= 0.3 is 5.97 Å². The Morgan fingerprint density at radius 1 is 1.57 bits per heavy atom. The number of carboxylic acids is 1. The van der Waals surface area contributed by atoms with Crippen molar-refractivity contribution in [1.29, 1.82) is 0 Å². The fraction of sp³-hybridized carbons (Fsp3) is 0.615. The number of carbonyl (C=O) groups is 1. The average Bonchev–Trinajstić information content (AvgIpc) is 2.83. The maximum absolute atomic E-state index is 12.6. The second kappa shape index (κ2) is 6.43. The van der Waals surface area contributed by atoms with E-state index in [1.54, 1.807) is 6.92 Å². The third kappa shape index (κ3) is 3.63. The van der Waals surface area contributed by atoms with Crippen LogP contribution >= 0.6 is 11.3 Å². The number of aryl methyl sites for hydroxylation is 1. The van der Waals surface area contributed by atoms with Crippen LogP contribution in [-0.2, 0) is 14.8 Å². The van der Waals surface area contributed by atoms with E-state index in [9.17, 15) is 13.2 Å². The molecular weight excluding hydrogens is 314 g/mol. The molecule has 6 nitrogen and oxygen atoms in total. The summed E-state index contributed by atoms with van der Waals surface area (Å²) in [7, 11) is -2.13. The predicted octanol–water partition coefficient (Wildman–Crippen LogP) is 1.80. The summed E-state index contributed by atoms with van der Waals surface area (Å²) in [5, 5.41) is 8.97. The molecule has 21 heavy (non-hydrogen) atoms. The first-order valence-corrected chi connectivity index (χ1v) is 8.96. The maximum Gasteiger partial charge on any atom is 0.345 e. The zero-order valence-corrected chi connectivity index (χ0v) is 13.7. The van der Waals surface area contributed by atoms with Crippen molar-refractivity contribution in [1.82, 2.24) is 4.31 Å². The molecule has 1 aromatic heterocycles. The number of ether oxygens (including phenoxy) is 1. The largest absolute Gasteiger partial charge is 0.477 e. The Kier molecular flexibility index (Phi) is 5.03. The smallest absolute Gasteiger partial charge is 0.345 e. The molecule has 1 aliphatic heterocycles. The van der Waals surface area contributed by atoms with Crippen LogP contribution in [-0.4, -0.2) is 50.6 Å². The van der Waals surface area contributed by atoms with E-state index in [1.165, 1.54) is 17.4 Å². The molecule has 1 fully saturated rings. The highest BCUT2D eigenvalue weighted by Crippen LogP contribution is 2.28. The van der Waals surface area contributed by atoms with E-state index in [2.05, 4.69) is 0 Å². The SMILES string of the molecule is Cc1sc(C(=O)O)cc1S(=O)(=O)N(C)CC1CCCOC1. The van der Waals surface area contributed by atoms with Gasteiger partial charge < -0.3 is 9.84 Å². The zero-order valence-electron chi connectivity index (χ0n) is 12.0. The molecule has 0 aromatic carbocycles. The Balaban J connectivity index is 2.18. The Labute approximate surface area is 128 Å². The Morgan fingerprint density at radius 3 is 2.81 bits per heavy atom. The van der Waals surface area contributed by atoms with Crippen LogP contribution in [0.4, 0.5) is 0 Å². The Hall–Kier alpha value is -0.960. The van der Waals surface area contributed by atoms with Gasteiger partial charge in [0.2, 0.25) is 10.0 Å². The van der Waals surface area contributed by atoms with Crippen molar-refractivity contribution in [2.24, 2.45) is 5.92 Å². The minimum Gasteiger partial charge on any atom is -0.477 e. The quantitative estimate of drug-likeness (QED) is 0.888. The van der Waals surface area contributed by atoms with Crippen LogP contribution in [0.2, 0.25) is 0 Å². The van der Waals surface area contributed by atoms with Crippen molar-refractivity contribution >= 4 is 27.3 Å². The molecule has 1 unspecified atom stereocenters. The molecule has 2 rings (SSSR count). The first kappa shape index (κ1) is 16.4. The fourth-order valence-corrected chi connectivity index (χ4v) is 5.05. The summed E-state index contributed by atoms with van der Waals surface area (Å²) >= 11 is 0.983. The summed E-state index contributed by atoms with van der Waals surface area (Å²) in [5.74, 6) is -0.913. The maximum atomic E-state index is 12.6. The third-order valence-corrected chi connectivity index (χ3v) is 6.66. The van der Waals surface area contributed by atoms with Gasteiger partial charge in [-0.1, -0.05) is 0 Å². The number of thiophene rings is 1. The molecule has 0 radical (unpaired) electrons. The normalized spacial score (nSPS) is 19.9. The van der Waals surface area contributed by atoms with E-state index in [-0.39, 0.29) is 15.7 Å². The predicted molar refractivity (Wildman–Crippen MR) is 79.4 cm³/mol. The first-order valence-electron chi connectivity index (χ1n) is 6.70. The zero-order chi connectivity index (χ0) is 15.6. The highest BCUT2D eigenvalue weighted by Gasteiger charge is 2.28. The molecule has 2 heterocycles. The number of aromatic carboxylic acids is 1. The summed E-state index contributed by atoms with van der Waals surface area (Å²) in [6.45, 7) is 3.32. The van der Waals surface area contributed by atoms with E-state index >= 15 is 0 Å². The van der Waals surface area contributed by atoms with Crippen LogP contribution in [0.25, 0.3) is 0 Å². The minimum absolute atomic E-state index is 0.0421. The van der Waals surface area contributed by atoms with Gasteiger partial charge in [0, 0.05) is 25.1 Å². The summed E-state index contributed by atoms with van der Waals surface area (Å²) < 4.78 is 31.8. The number of carboxylic acid groups (broad SMARTS) is 1. The van der Waals surface area contributed by atoms with Crippen LogP contribution in [0.5, 0.6) is 0 Å². The van der Waals surface area contributed by atoms with Gasteiger partial charge in [-0.3, -0.25) is 0 Å². The lowest BCUT2D eigenvalue weighted by Crippen LogP contribution is -2.35. The second-order valence-electron chi connectivity index (χ2n) is 5.20. The van der Waals surface area contributed by atoms with Crippen molar-refractivity contribution in [3.05, 3.63) is 15.8 Å². The Morgan fingerprint density at radius 2 is 2.29 bits per heavy atom. The van der Waals surface area contributed by atoms with E-state index in [0.29, 0.717) is 18.0 Å². The van der Waals surface area contributed by atoms with Gasteiger partial charge in [0.25, 0.3) is 0 Å². The molecule has 1 atom stereocenters. The summed E-state index contributed by atoms with van der Waals surface area (Å²) in [6, 6.07) is 1.24. The highest BCUT2D eigenvalue weighted by atomic mass is 32.2. The molecule has 1 aromatic rings. The van der Waals surface area contributed by atoms with Gasteiger partial charge in [-0.15, -0.1) is 11.3 Å². The lowest BCUT2D eigenvalue weighted by molar-refractivity contribution is 0.0495. The molecule has 1 N–H and O–H groups in total.